The second kappa shape index (κ2) is 7.34. The number of carbonyl (C=O) groups excluding carboxylic acids is 1. The van der Waals surface area contributed by atoms with Crippen LogP contribution in [0.1, 0.15) is 17.3 Å². The molecule has 2 aliphatic heterocycles. The monoisotopic (exact) mass is 349 g/mol. The Morgan fingerprint density at radius 2 is 1.96 bits per heavy atom. The highest BCUT2D eigenvalue weighted by Crippen LogP contribution is 2.27. The molecule has 0 bridgehead atoms. The maximum absolute atomic E-state index is 12.9. The Balaban J connectivity index is 1.67. The number of methoxy groups -OCH3 is 2. The molecular weight excluding hydrogens is 326 g/mol. The summed E-state index contributed by atoms with van der Waals surface area (Å²) in [5.74, 6) is 1.22. The molecule has 24 heavy (non-hydrogen) atoms. The summed E-state index contributed by atoms with van der Waals surface area (Å²) in [4.78, 5) is 21.6. The molecule has 1 fully saturated rings. The van der Waals surface area contributed by atoms with Gasteiger partial charge in [0.05, 0.1) is 26.3 Å². The van der Waals surface area contributed by atoms with Gasteiger partial charge in [-0.25, -0.2) is 0 Å². The quantitative estimate of drug-likeness (QED) is 0.835. The maximum atomic E-state index is 12.9. The van der Waals surface area contributed by atoms with Gasteiger partial charge >= 0.3 is 0 Å². The highest BCUT2D eigenvalue weighted by molar-refractivity contribution is 8.14. The molecule has 1 saturated heterocycles. The standard InChI is InChI=1S/C17H23N3O3S/c1-12-11-18-17(24-12)20-8-6-19(7-9-20)16(21)14-10-13(22-2)4-5-15(14)23-3/h4-5,10,12H,6-9,11H2,1-3H3/t12-/m0/s1. The van der Waals surface area contributed by atoms with Crippen LogP contribution in [0.4, 0.5) is 0 Å². The van der Waals surface area contributed by atoms with Gasteiger partial charge in [0.2, 0.25) is 0 Å². The second-order valence-electron chi connectivity index (χ2n) is 5.90. The van der Waals surface area contributed by atoms with E-state index in [1.165, 1.54) is 0 Å². The van der Waals surface area contributed by atoms with Crippen molar-refractivity contribution in [2.45, 2.75) is 12.2 Å². The minimum absolute atomic E-state index is 0.0141. The van der Waals surface area contributed by atoms with E-state index < -0.39 is 0 Å². The fourth-order valence-corrected chi connectivity index (χ4v) is 3.88. The topological polar surface area (TPSA) is 54.4 Å². The lowest BCUT2D eigenvalue weighted by atomic mass is 10.1. The van der Waals surface area contributed by atoms with E-state index in [-0.39, 0.29) is 5.91 Å². The van der Waals surface area contributed by atoms with E-state index in [0.29, 0.717) is 35.4 Å². The fraction of sp³-hybridized carbons (Fsp3) is 0.529. The highest BCUT2D eigenvalue weighted by Gasteiger charge is 2.28. The molecule has 1 atom stereocenters. The van der Waals surface area contributed by atoms with Crippen molar-refractivity contribution in [1.29, 1.82) is 0 Å². The summed E-state index contributed by atoms with van der Waals surface area (Å²) < 4.78 is 10.6. The second-order valence-corrected chi connectivity index (χ2v) is 7.30. The molecule has 6 nitrogen and oxygen atoms in total. The summed E-state index contributed by atoms with van der Waals surface area (Å²) in [6.07, 6.45) is 0. The van der Waals surface area contributed by atoms with Crippen molar-refractivity contribution in [3.05, 3.63) is 23.8 Å². The number of nitrogens with zero attached hydrogens (tertiary/aromatic N) is 3. The first-order valence-corrected chi connectivity index (χ1v) is 8.97. The molecule has 0 spiro atoms. The summed E-state index contributed by atoms with van der Waals surface area (Å²) in [5, 5.41) is 1.68. The molecule has 1 aromatic carbocycles. The summed E-state index contributed by atoms with van der Waals surface area (Å²) in [5.41, 5.74) is 0.548. The minimum Gasteiger partial charge on any atom is -0.497 e. The number of amides is 1. The predicted molar refractivity (Wildman–Crippen MR) is 96.4 cm³/mol. The Bertz CT molecular complexity index is 642. The Labute approximate surface area is 146 Å². The van der Waals surface area contributed by atoms with Crippen molar-refractivity contribution in [1.82, 2.24) is 9.80 Å². The van der Waals surface area contributed by atoms with E-state index in [1.54, 1.807) is 32.4 Å². The van der Waals surface area contributed by atoms with Gasteiger partial charge in [-0.2, -0.15) is 0 Å². The van der Waals surface area contributed by atoms with Gasteiger partial charge in [-0.1, -0.05) is 18.7 Å². The number of benzene rings is 1. The first-order chi connectivity index (χ1) is 11.6. The average Bonchev–Trinajstić information content (AvgIpc) is 3.07. The predicted octanol–water partition coefficient (Wildman–Crippen LogP) is 1.95. The van der Waals surface area contributed by atoms with Gasteiger partial charge in [0.15, 0.2) is 5.17 Å². The van der Waals surface area contributed by atoms with E-state index in [9.17, 15) is 4.79 Å². The molecular formula is C17H23N3O3S. The van der Waals surface area contributed by atoms with Crippen molar-refractivity contribution in [3.8, 4) is 11.5 Å². The highest BCUT2D eigenvalue weighted by atomic mass is 32.2. The van der Waals surface area contributed by atoms with Crippen molar-refractivity contribution in [2.24, 2.45) is 4.99 Å². The number of thioether (sulfide) groups is 1. The summed E-state index contributed by atoms with van der Waals surface area (Å²) in [7, 11) is 3.17. The van der Waals surface area contributed by atoms with Gasteiger partial charge in [0, 0.05) is 31.4 Å². The molecule has 0 aliphatic carbocycles. The Kier molecular flexibility index (Phi) is 5.18. The fourth-order valence-electron chi connectivity index (χ4n) is 2.89. The van der Waals surface area contributed by atoms with Crippen molar-refractivity contribution < 1.29 is 14.3 Å². The molecule has 0 radical (unpaired) electrons. The molecule has 1 aromatic rings. The van der Waals surface area contributed by atoms with Gasteiger partial charge in [-0.05, 0) is 18.2 Å². The summed E-state index contributed by atoms with van der Waals surface area (Å²) in [6, 6.07) is 5.31. The van der Waals surface area contributed by atoms with Crippen LogP contribution in [0.2, 0.25) is 0 Å². The third-order valence-corrected chi connectivity index (χ3v) is 5.41. The summed E-state index contributed by atoms with van der Waals surface area (Å²) in [6.45, 7) is 6.09. The van der Waals surface area contributed by atoms with Crippen molar-refractivity contribution in [3.63, 3.8) is 0 Å². The molecule has 7 heteroatoms. The van der Waals surface area contributed by atoms with Crippen LogP contribution < -0.4 is 9.47 Å². The number of amidine groups is 1. The maximum Gasteiger partial charge on any atom is 0.257 e. The van der Waals surface area contributed by atoms with Gasteiger partial charge < -0.3 is 19.3 Å². The van der Waals surface area contributed by atoms with E-state index in [4.69, 9.17) is 9.47 Å². The lowest BCUT2D eigenvalue weighted by Crippen LogP contribution is -2.49. The SMILES string of the molecule is COc1ccc(OC)c(C(=O)N2CCN(C3=NC[C@H](C)S3)CC2)c1. The first kappa shape index (κ1) is 17.0. The number of hydrogen-bond acceptors (Lipinski definition) is 6. The van der Waals surface area contributed by atoms with Crippen LogP contribution in [0.15, 0.2) is 23.2 Å². The molecule has 0 saturated carbocycles. The number of piperazine rings is 1. The normalized spacial score (nSPS) is 20.8. The molecule has 2 aliphatic rings. The molecule has 2 heterocycles. The van der Waals surface area contributed by atoms with E-state index in [2.05, 4.69) is 16.8 Å². The number of ether oxygens (including phenoxy) is 2. The third-order valence-electron chi connectivity index (χ3n) is 4.26. The van der Waals surface area contributed by atoms with Gasteiger partial charge in [-0.3, -0.25) is 9.79 Å². The van der Waals surface area contributed by atoms with Crippen LogP contribution >= 0.6 is 11.8 Å². The number of hydrogen-bond donors (Lipinski definition) is 0. The minimum atomic E-state index is -0.0141. The summed E-state index contributed by atoms with van der Waals surface area (Å²) >= 11 is 1.82. The van der Waals surface area contributed by atoms with Crippen LogP contribution in [-0.2, 0) is 0 Å². The molecule has 3 rings (SSSR count). The van der Waals surface area contributed by atoms with E-state index in [0.717, 1.165) is 24.8 Å². The lowest BCUT2D eigenvalue weighted by molar-refractivity contribution is 0.0690. The average molecular weight is 349 g/mol. The van der Waals surface area contributed by atoms with Gasteiger partial charge in [0.1, 0.15) is 11.5 Å². The van der Waals surface area contributed by atoms with Gasteiger partial charge in [0.25, 0.3) is 5.91 Å². The van der Waals surface area contributed by atoms with Crippen LogP contribution in [-0.4, -0.2) is 73.1 Å². The third kappa shape index (κ3) is 3.45. The molecule has 0 N–H and O–H groups in total. The number of aliphatic imine (C=N–C) groups is 1. The first-order valence-electron chi connectivity index (χ1n) is 8.09. The molecule has 130 valence electrons. The Morgan fingerprint density at radius 1 is 1.21 bits per heavy atom. The van der Waals surface area contributed by atoms with Crippen LogP contribution in [0, 0.1) is 0 Å². The number of carbonyl (C=O) groups is 1. The molecule has 1 amide bonds. The lowest BCUT2D eigenvalue weighted by Gasteiger charge is -2.35. The smallest absolute Gasteiger partial charge is 0.257 e. The van der Waals surface area contributed by atoms with Crippen LogP contribution in [0.5, 0.6) is 11.5 Å². The molecule has 0 unspecified atom stereocenters. The van der Waals surface area contributed by atoms with Crippen LogP contribution in [0.3, 0.4) is 0 Å². The van der Waals surface area contributed by atoms with Crippen LogP contribution in [0.25, 0.3) is 0 Å². The molecule has 0 aromatic heterocycles. The Morgan fingerprint density at radius 3 is 2.54 bits per heavy atom. The van der Waals surface area contributed by atoms with Crippen molar-refractivity contribution in [2.75, 3.05) is 46.9 Å². The zero-order valence-electron chi connectivity index (χ0n) is 14.3. The zero-order chi connectivity index (χ0) is 17.1. The van der Waals surface area contributed by atoms with E-state index in [1.807, 2.05) is 16.7 Å². The largest absolute Gasteiger partial charge is 0.497 e. The number of rotatable bonds is 3. The van der Waals surface area contributed by atoms with Crippen molar-refractivity contribution >= 4 is 22.8 Å². The Hall–Kier alpha value is -1.89. The zero-order valence-corrected chi connectivity index (χ0v) is 15.1. The van der Waals surface area contributed by atoms with Gasteiger partial charge in [-0.15, -0.1) is 0 Å². The van der Waals surface area contributed by atoms with E-state index >= 15 is 0 Å².